The molecule has 0 bridgehead atoms. The van der Waals surface area contributed by atoms with E-state index in [1.54, 1.807) is 0 Å². The van der Waals surface area contributed by atoms with Crippen LogP contribution in [0.1, 0.15) is 31.7 Å². The molecular formula is C17H26N2O. The molecule has 1 heterocycles. The van der Waals surface area contributed by atoms with Gasteiger partial charge in [0.1, 0.15) is 5.78 Å². The number of rotatable bonds is 7. The van der Waals surface area contributed by atoms with Gasteiger partial charge in [0.2, 0.25) is 0 Å². The van der Waals surface area contributed by atoms with Gasteiger partial charge in [-0.25, -0.2) is 0 Å². The van der Waals surface area contributed by atoms with Crippen molar-refractivity contribution in [3.8, 4) is 0 Å². The second-order valence-electron chi connectivity index (χ2n) is 5.60. The van der Waals surface area contributed by atoms with Crippen LogP contribution in [0, 0.1) is 0 Å². The van der Waals surface area contributed by atoms with E-state index in [4.69, 9.17) is 0 Å². The van der Waals surface area contributed by atoms with Gasteiger partial charge in [-0.15, -0.1) is 0 Å². The highest BCUT2D eigenvalue weighted by Gasteiger charge is 2.16. The van der Waals surface area contributed by atoms with Gasteiger partial charge in [0.15, 0.2) is 0 Å². The Morgan fingerprint density at radius 1 is 1.05 bits per heavy atom. The summed E-state index contributed by atoms with van der Waals surface area (Å²) in [5.74, 6) is 0.396. The minimum atomic E-state index is 0.396. The predicted molar refractivity (Wildman–Crippen MR) is 82.7 cm³/mol. The molecule has 1 aliphatic rings. The first-order valence-electron chi connectivity index (χ1n) is 7.78. The number of Topliss-reactive ketones (excluding diaryl/α,β-unsaturated/α-hetero) is 1. The molecule has 0 atom stereocenters. The lowest BCUT2D eigenvalue weighted by atomic mass is 10.1. The minimum absolute atomic E-state index is 0.396. The van der Waals surface area contributed by atoms with Crippen molar-refractivity contribution < 1.29 is 4.79 Å². The number of hydrogen-bond donors (Lipinski definition) is 0. The average molecular weight is 274 g/mol. The van der Waals surface area contributed by atoms with Crippen molar-refractivity contribution in [2.45, 2.75) is 32.7 Å². The number of hydrogen-bond acceptors (Lipinski definition) is 3. The molecule has 0 spiro atoms. The van der Waals surface area contributed by atoms with Crippen LogP contribution in [0.2, 0.25) is 0 Å². The predicted octanol–water partition coefficient (Wildman–Crippen LogP) is 2.56. The van der Waals surface area contributed by atoms with Gasteiger partial charge < -0.3 is 4.90 Å². The molecule has 3 nitrogen and oxygen atoms in total. The SMILES string of the molecule is CCC(=O)CCCN1CCN(Cc2ccccc2)CC1. The normalized spacial score (nSPS) is 17.2. The van der Waals surface area contributed by atoms with Crippen molar-refractivity contribution in [2.75, 3.05) is 32.7 Å². The van der Waals surface area contributed by atoms with E-state index in [1.165, 1.54) is 5.56 Å². The standard InChI is InChI=1S/C17H26N2O/c1-2-17(20)9-6-10-18-11-13-19(14-12-18)15-16-7-4-3-5-8-16/h3-5,7-8H,2,6,9-15H2,1H3. The molecular weight excluding hydrogens is 248 g/mol. The van der Waals surface area contributed by atoms with E-state index in [9.17, 15) is 4.79 Å². The smallest absolute Gasteiger partial charge is 0.132 e. The molecule has 1 aliphatic heterocycles. The van der Waals surface area contributed by atoms with Crippen molar-refractivity contribution in [1.82, 2.24) is 9.80 Å². The highest BCUT2D eigenvalue weighted by atomic mass is 16.1. The molecule has 1 aromatic carbocycles. The number of ketones is 1. The van der Waals surface area contributed by atoms with Crippen LogP contribution in [-0.4, -0.2) is 48.3 Å². The third-order valence-electron chi connectivity index (χ3n) is 4.04. The zero-order valence-corrected chi connectivity index (χ0v) is 12.6. The van der Waals surface area contributed by atoms with Crippen molar-refractivity contribution in [3.05, 3.63) is 35.9 Å². The van der Waals surface area contributed by atoms with Crippen molar-refractivity contribution >= 4 is 5.78 Å². The van der Waals surface area contributed by atoms with Gasteiger partial charge >= 0.3 is 0 Å². The van der Waals surface area contributed by atoms with Crippen LogP contribution in [0.4, 0.5) is 0 Å². The number of carbonyl (C=O) groups excluding carboxylic acids is 1. The minimum Gasteiger partial charge on any atom is -0.301 e. The molecule has 0 aromatic heterocycles. The molecule has 110 valence electrons. The van der Waals surface area contributed by atoms with E-state index in [-0.39, 0.29) is 0 Å². The molecule has 0 saturated carbocycles. The summed E-state index contributed by atoms with van der Waals surface area (Å²) in [6.45, 7) is 8.62. The molecule has 20 heavy (non-hydrogen) atoms. The van der Waals surface area contributed by atoms with Crippen molar-refractivity contribution in [3.63, 3.8) is 0 Å². The topological polar surface area (TPSA) is 23.6 Å². The maximum absolute atomic E-state index is 11.3. The fraction of sp³-hybridized carbons (Fsp3) is 0.588. The van der Waals surface area contributed by atoms with Crippen LogP contribution in [0.5, 0.6) is 0 Å². The quantitative estimate of drug-likeness (QED) is 0.763. The summed E-state index contributed by atoms with van der Waals surface area (Å²) in [4.78, 5) is 16.3. The number of piperazine rings is 1. The van der Waals surface area contributed by atoms with Crippen LogP contribution in [-0.2, 0) is 11.3 Å². The van der Waals surface area contributed by atoms with E-state index < -0.39 is 0 Å². The van der Waals surface area contributed by atoms with E-state index in [1.807, 2.05) is 6.92 Å². The zero-order chi connectivity index (χ0) is 14.2. The third kappa shape index (κ3) is 5.06. The largest absolute Gasteiger partial charge is 0.301 e. The molecule has 0 aliphatic carbocycles. The molecule has 0 unspecified atom stereocenters. The summed E-state index contributed by atoms with van der Waals surface area (Å²) in [5.41, 5.74) is 1.40. The second-order valence-corrected chi connectivity index (χ2v) is 5.60. The summed E-state index contributed by atoms with van der Waals surface area (Å²) < 4.78 is 0. The Kier molecular flexibility index (Phi) is 6.22. The average Bonchev–Trinajstić information content (AvgIpc) is 2.50. The first kappa shape index (κ1) is 15.2. The summed E-state index contributed by atoms with van der Waals surface area (Å²) >= 11 is 0. The Morgan fingerprint density at radius 2 is 1.70 bits per heavy atom. The molecule has 0 N–H and O–H groups in total. The highest BCUT2D eigenvalue weighted by Crippen LogP contribution is 2.09. The van der Waals surface area contributed by atoms with E-state index >= 15 is 0 Å². The van der Waals surface area contributed by atoms with E-state index in [0.29, 0.717) is 12.2 Å². The number of carbonyl (C=O) groups is 1. The fourth-order valence-corrected chi connectivity index (χ4v) is 2.69. The second kappa shape index (κ2) is 8.18. The van der Waals surface area contributed by atoms with Gasteiger partial charge in [-0.05, 0) is 18.5 Å². The monoisotopic (exact) mass is 274 g/mol. The first-order valence-corrected chi connectivity index (χ1v) is 7.78. The zero-order valence-electron chi connectivity index (χ0n) is 12.6. The highest BCUT2D eigenvalue weighted by molar-refractivity contribution is 5.77. The Morgan fingerprint density at radius 3 is 2.35 bits per heavy atom. The molecule has 1 aromatic rings. The number of benzene rings is 1. The van der Waals surface area contributed by atoms with Crippen LogP contribution in [0.15, 0.2) is 30.3 Å². The van der Waals surface area contributed by atoms with Crippen molar-refractivity contribution in [1.29, 1.82) is 0 Å². The van der Waals surface area contributed by atoms with Gasteiger partial charge in [0.25, 0.3) is 0 Å². The van der Waals surface area contributed by atoms with Crippen LogP contribution in [0.25, 0.3) is 0 Å². The van der Waals surface area contributed by atoms with E-state index in [2.05, 4.69) is 40.1 Å². The van der Waals surface area contributed by atoms with Crippen LogP contribution < -0.4 is 0 Å². The Bertz CT molecular complexity index is 397. The summed E-state index contributed by atoms with van der Waals surface area (Å²) in [6.07, 6.45) is 2.46. The summed E-state index contributed by atoms with van der Waals surface area (Å²) in [7, 11) is 0. The van der Waals surface area contributed by atoms with Gasteiger partial charge in [-0.1, -0.05) is 37.3 Å². The fourth-order valence-electron chi connectivity index (χ4n) is 2.69. The van der Waals surface area contributed by atoms with Crippen molar-refractivity contribution in [2.24, 2.45) is 0 Å². The molecule has 3 heteroatoms. The van der Waals surface area contributed by atoms with Crippen LogP contribution in [0.3, 0.4) is 0 Å². The lowest BCUT2D eigenvalue weighted by Gasteiger charge is -2.34. The Hall–Kier alpha value is -1.19. The first-order chi connectivity index (χ1) is 9.78. The maximum Gasteiger partial charge on any atom is 0.132 e. The molecule has 0 amide bonds. The Labute approximate surface area is 122 Å². The molecule has 0 radical (unpaired) electrons. The summed E-state index contributed by atoms with van der Waals surface area (Å²) in [6, 6.07) is 10.7. The lowest BCUT2D eigenvalue weighted by molar-refractivity contribution is -0.118. The lowest BCUT2D eigenvalue weighted by Crippen LogP contribution is -2.46. The Balaban J connectivity index is 1.64. The maximum atomic E-state index is 11.3. The third-order valence-corrected chi connectivity index (χ3v) is 4.04. The molecule has 1 saturated heterocycles. The number of nitrogens with zero attached hydrogens (tertiary/aromatic N) is 2. The summed E-state index contributed by atoms with van der Waals surface area (Å²) in [5, 5.41) is 0. The molecule has 2 rings (SSSR count). The molecule has 1 fully saturated rings. The van der Waals surface area contributed by atoms with Crippen LogP contribution >= 0.6 is 0 Å². The van der Waals surface area contributed by atoms with E-state index in [0.717, 1.165) is 52.1 Å². The van der Waals surface area contributed by atoms with Gasteiger partial charge in [0, 0.05) is 45.6 Å². The van der Waals surface area contributed by atoms with Gasteiger partial charge in [-0.2, -0.15) is 0 Å². The van der Waals surface area contributed by atoms with Gasteiger partial charge in [-0.3, -0.25) is 9.69 Å². The van der Waals surface area contributed by atoms with Gasteiger partial charge in [0.05, 0.1) is 0 Å².